The second-order valence-electron chi connectivity index (χ2n) is 11.3. The molecule has 1 aliphatic heterocycles. The summed E-state index contributed by atoms with van der Waals surface area (Å²) in [4.78, 5) is 11.5. The number of ether oxygens (including phenoxy) is 2. The summed E-state index contributed by atoms with van der Waals surface area (Å²) in [6.07, 6.45) is 16.8. The van der Waals surface area contributed by atoms with Gasteiger partial charge in [-0.05, 0) is 86.5 Å². The summed E-state index contributed by atoms with van der Waals surface area (Å²) in [6, 6.07) is 0. The molecule has 4 saturated carbocycles. The molecule has 0 saturated heterocycles. The summed E-state index contributed by atoms with van der Waals surface area (Å²) in [6.45, 7) is 5.02. The summed E-state index contributed by atoms with van der Waals surface area (Å²) in [5.41, 5.74) is 1.79. The zero-order valence-corrected chi connectivity index (χ0v) is 18.9. The fraction of sp³-hybridized carbons (Fsp3) is 0.808. The smallest absolute Gasteiger partial charge is 0.309 e. The van der Waals surface area contributed by atoms with Gasteiger partial charge in [-0.15, -0.1) is 0 Å². The summed E-state index contributed by atoms with van der Waals surface area (Å²) in [5.74, 6) is 2.37. The van der Waals surface area contributed by atoms with Crippen molar-refractivity contribution in [2.75, 3.05) is 7.11 Å². The van der Waals surface area contributed by atoms with Crippen molar-refractivity contribution in [2.45, 2.75) is 89.8 Å². The number of hydrogen-bond donors (Lipinski definition) is 1. The number of rotatable bonds is 3. The van der Waals surface area contributed by atoms with Crippen LogP contribution in [0.15, 0.2) is 24.0 Å². The van der Waals surface area contributed by atoms with Gasteiger partial charge in [0.1, 0.15) is 5.60 Å². The van der Waals surface area contributed by atoms with Crippen LogP contribution in [0, 0.1) is 34.5 Å². The molecule has 0 amide bonds. The lowest BCUT2D eigenvalue weighted by Gasteiger charge is -2.65. The SMILES string of the molecule is COC(=O)C/C=C/C1=CO[C@]23CCC1[C@@]2(C)CC[C@H]1[C@H]3CC[C@@H]2C[C@@H](O)CC[C@@]21C. The van der Waals surface area contributed by atoms with E-state index in [9.17, 15) is 9.90 Å². The van der Waals surface area contributed by atoms with Crippen LogP contribution in [0.2, 0.25) is 0 Å². The molecule has 0 spiro atoms. The first kappa shape index (κ1) is 20.6. The first-order valence-corrected chi connectivity index (χ1v) is 12.1. The van der Waals surface area contributed by atoms with E-state index in [0.717, 1.165) is 25.2 Å². The number of fused-ring (bicyclic) bond motifs is 3. The van der Waals surface area contributed by atoms with Gasteiger partial charge in [-0.25, -0.2) is 0 Å². The van der Waals surface area contributed by atoms with E-state index in [-0.39, 0.29) is 23.1 Å². The molecule has 166 valence electrons. The van der Waals surface area contributed by atoms with E-state index in [1.807, 2.05) is 12.3 Å². The number of carbonyl (C=O) groups is 1. The Balaban J connectivity index is 1.43. The Morgan fingerprint density at radius 2 is 2.00 bits per heavy atom. The zero-order chi connectivity index (χ0) is 21.1. The van der Waals surface area contributed by atoms with E-state index >= 15 is 0 Å². The van der Waals surface area contributed by atoms with Crippen molar-refractivity contribution in [1.29, 1.82) is 0 Å². The molecule has 1 unspecified atom stereocenters. The molecule has 30 heavy (non-hydrogen) atoms. The molecule has 0 aromatic heterocycles. The van der Waals surface area contributed by atoms with Crippen molar-refractivity contribution < 1.29 is 19.4 Å². The topological polar surface area (TPSA) is 55.8 Å². The van der Waals surface area contributed by atoms with Crippen LogP contribution in [0.1, 0.15) is 78.1 Å². The van der Waals surface area contributed by atoms with E-state index in [2.05, 4.69) is 19.9 Å². The summed E-state index contributed by atoms with van der Waals surface area (Å²) in [7, 11) is 1.44. The number of carbonyl (C=O) groups excluding carboxylic acids is 1. The third kappa shape index (κ3) is 2.71. The van der Waals surface area contributed by atoms with E-state index in [1.54, 1.807) is 0 Å². The zero-order valence-electron chi connectivity index (χ0n) is 18.9. The molecule has 4 fully saturated rings. The summed E-state index contributed by atoms with van der Waals surface area (Å²) < 4.78 is 11.6. The van der Waals surface area contributed by atoms with Gasteiger partial charge in [0.25, 0.3) is 0 Å². The minimum Gasteiger partial charge on any atom is -0.494 e. The maximum Gasteiger partial charge on any atom is 0.309 e. The Morgan fingerprint density at radius 3 is 2.80 bits per heavy atom. The van der Waals surface area contributed by atoms with Crippen molar-refractivity contribution in [3.05, 3.63) is 24.0 Å². The fourth-order valence-corrected chi connectivity index (χ4v) is 8.77. The molecule has 0 aromatic rings. The van der Waals surface area contributed by atoms with E-state index in [1.165, 1.54) is 51.2 Å². The second kappa shape index (κ2) is 7.12. The Hall–Kier alpha value is -1.29. The van der Waals surface area contributed by atoms with Crippen LogP contribution in [0.4, 0.5) is 0 Å². The van der Waals surface area contributed by atoms with Crippen LogP contribution in [0.5, 0.6) is 0 Å². The lowest BCUT2D eigenvalue weighted by atomic mass is 9.43. The minimum absolute atomic E-state index is 0.0235. The summed E-state index contributed by atoms with van der Waals surface area (Å²) >= 11 is 0. The average molecular weight is 415 g/mol. The molecule has 4 heteroatoms. The van der Waals surface area contributed by atoms with Gasteiger partial charge in [0.15, 0.2) is 0 Å². The minimum atomic E-state index is -0.196. The van der Waals surface area contributed by atoms with Crippen LogP contribution in [0.3, 0.4) is 0 Å². The number of hydrogen-bond acceptors (Lipinski definition) is 4. The van der Waals surface area contributed by atoms with Crippen molar-refractivity contribution in [1.82, 2.24) is 0 Å². The molecule has 0 radical (unpaired) electrons. The first-order chi connectivity index (χ1) is 14.3. The average Bonchev–Trinajstić information content (AvgIpc) is 2.89. The monoisotopic (exact) mass is 414 g/mol. The number of methoxy groups -OCH3 is 1. The number of aliphatic hydroxyl groups is 1. The molecule has 4 nitrogen and oxygen atoms in total. The molecule has 5 aliphatic rings. The molecular weight excluding hydrogens is 376 g/mol. The highest BCUT2D eigenvalue weighted by Gasteiger charge is 2.70. The largest absolute Gasteiger partial charge is 0.494 e. The van der Waals surface area contributed by atoms with Gasteiger partial charge in [0.05, 0.1) is 25.9 Å². The van der Waals surface area contributed by atoms with E-state index in [0.29, 0.717) is 29.6 Å². The first-order valence-electron chi connectivity index (χ1n) is 12.1. The van der Waals surface area contributed by atoms with Crippen LogP contribution >= 0.6 is 0 Å². The Bertz CT molecular complexity index is 771. The standard InChI is InChI=1S/C26H38O4/c1-24-12-9-19(27)15-18(24)7-8-22-21(24)10-13-25(2)20-11-14-26(22,25)30-16-17(20)5-4-6-23(28)29-3/h4-5,16,18-22,27H,6-15H2,1-3H3/b5-4+/t18-,19+,20?,21+,22-,24+,25-,26+/m1/s1. The van der Waals surface area contributed by atoms with Gasteiger partial charge in [-0.2, -0.15) is 0 Å². The van der Waals surface area contributed by atoms with E-state index in [4.69, 9.17) is 9.47 Å². The Kier molecular flexibility index (Phi) is 4.89. The Morgan fingerprint density at radius 1 is 1.17 bits per heavy atom. The van der Waals surface area contributed by atoms with Crippen LogP contribution < -0.4 is 0 Å². The lowest BCUT2D eigenvalue weighted by Crippen LogP contribution is -2.63. The van der Waals surface area contributed by atoms with Crippen molar-refractivity contribution in [2.24, 2.45) is 34.5 Å². The van der Waals surface area contributed by atoms with Gasteiger partial charge in [0, 0.05) is 11.3 Å². The van der Waals surface area contributed by atoms with Gasteiger partial charge in [0.2, 0.25) is 0 Å². The highest BCUT2D eigenvalue weighted by molar-refractivity contribution is 5.71. The molecule has 0 aromatic carbocycles. The van der Waals surface area contributed by atoms with Gasteiger partial charge in [-0.1, -0.05) is 26.0 Å². The molecule has 8 atom stereocenters. The van der Waals surface area contributed by atoms with Gasteiger partial charge < -0.3 is 14.6 Å². The predicted octanol–water partition coefficient (Wildman–Crippen LogP) is 5.16. The van der Waals surface area contributed by atoms with Crippen LogP contribution in [-0.2, 0) is 14.3 Å². The third-order valence-corrected chi connectivity index (χ3v) is 10.4. The normalized spacial score (nSPS) is 49.5. The maximum absolute atomic E-state index is 11.5. The van der Waals surface area contributed by atoms with Gasteiger partial charge >= 0.3 is 5.97 Å². The quantitative estimate of drug-likeness (QED) is 0.648. The highest BCUT2D eigenvalue weighted by Crippen LogP contribution is 2.72. The summed E-state index contributed by atoms with van der Waals surface area (Å²) in [5, 5.41) is 10.3. The van der Waals surface area contributed by atoms with Crippen LogP contribution in [0.25, 0.3) is 0 Å². The second-order valence-corrected chi connectivity index (χ2v) is 11.3. The number of allylic oxidation sites excluding steroid dienone is 2. The van der Waals surface area contributed by atoms with Crippen molar-refractivity contribution in [3.8, 4) is 0 Å². The predicted molar refractivity (Wildman–Crippen MR) is 115 cm³/mol. The molecular formula is C26H38O4. The molecule has 2 bridgehead atoms. The highest BCUT2D eigenvalue weighted by atomic mass is 16.5. The molecule has 5 rings (SSSR count). The maximum atomic E-state index is 11.5. The fourth-order valence-electron chi connectivity index (χ4n) is 8.77. The van der Waals surface area contributed by atoms with E-state index < -0.39 is 0 Å². The Labute approximate surface area is 181 Å². The van der Waals surface area contributed by atoms with Crippen LogP contribution in [-0.4, -0.2) is 29.9 Å². The third-order valence-electron chi connectivity index (χ3n) is 10.4. The number of aliphatic hydroxyl groups excluding tert-OH is 1. The molecule has 4 aliphatic carbocycles. The molecule has 1 heterocycles. The lowest BCUT2D eigenvalue weighted by molar-refractivity contribution is -0.217. The van der Waals surface area contributed by atoms with Crippen molar-refractivity contribution >= 4 is 5.97 Å². The van der Waals surface area contributed by atoms with Gasteiger partial charge in [-0.3, -0.25) is 4.79 Å². The molecule has 1 N–H and O–H groups in total. The number of esters is 1. The van der Waals surface area contributed by atoms with Crippen molar-refractivity contribution in [3.63, 3.8) is 0 Å².